The third-order valence-electron chi connectivity index (χ3n) is 7.15. The van der Waals surface area contributed by atoms with Gasteiger partial charge in [0.15, 0.2) is 0 Å². The average Bonchev–Trinajstić information content (AvgIpc) is 3.18. The molecule has 0 bridgehead atoms. The Morgan fingerprint density at radius 3 is 2.09 bits per heavy atom. The Morgan fingerprint density at radius 1 is 0.971 bits per heavy atom. The van der Waals surface area contributed by atoms with Crippen LogP contribution in [0.2, 0.25) is 0 Å². The summed E-state index contributed by atoms with van der Waals surface area (Å²) < 4.78 is 85.7. The molecule has 35 heavy (non-hydrogen) atoms. The van der Waals surface area contributed by atoms with Crippen LogP contribution in [0, 0.1) is 0 Å². The Balaban J connectivity index is 1.57. The minimum atomic E-state index is -4.92. The lowest BCUT2D eigenvalue weighted by atomic mass is 9.76. The Hall–Kier alpha value is -2.14. The smallest absolute Gasteiger partial charge is 0.379 e. The van der Waals surface area contributed by atoms with Crippen molar-refractivity contribution in [2.75, 3.05) is 13.2 Å². The van der Waals surface area contributed by atoms with Gasteiger partial charge in [0.1, 0.15) is 6.23 Å². The highest BCUT2D eigenvalue weighted by atomic mass is 19.4. The second-order valence-electron chi connectivity index (χ2n) is 9.57. The largest absolute Gasteiger partial charge is 0.416 e. The fraction of sp³-hybridized carbons (Fsp3) is 0.520. The predicted molar refractivity (Wildman–Crippen MR) is 117 cm³/mol. The van der Waals surface area contributed by atoms with Crippen LogP contribution in [0.15, 0.2) is 48.5 Å². The summed E-state index contributed by atoms with van der Waals surface area (Å²) in [5.41, 5.74) is -2.93. The van der Waals surface area contributed by atoms with Crippen molar-refractivity contribution in [3.63, 3.8) is 0 Å². The summed E-state index contributed by atoms with van der Waals surface area (Å²) in [7, 11) is 0. The molecule has 2 aromatic carbocycles. The van der Waals surface area contributed by atoms with Crippen LogP contribution in [0.25, 0.3) is 0 Å². The van der Waals surface area contributed by atoms with E-state index in [4.69, 9.17) is 4.74 Å². The summed E-state index contributed by atoms with van der Waals surface area (Å²) in [5.74, 6) is 0. The summed E-state index contributed by atoms with van der Waals surface area (Å²) >= 11 is 0. The maximum absolute atomic E-state index is 13.3. The minimum Gasteiger partial charge on any atom is -0.379 e. The minimum absolute atomic E-state index is 0.0500. The molecular formula is C25H28F6N2O2. The maximum atomic E-state index is 13.3. The van der Waals surface area contributed by atoms with Gasteiger partial charge in [-0.05, 0) is 61.9 Å². The molecule has 2 aromatic rings. The first-order valence-corrected chi connectivity index (χ1v) is 11.5. The second kappa shape index (κ2) is 9.38. The maximum Gasteiger partial charge on any atom is 0.416 e. The number of hydrogen-bond acceptors (Lipinski definition) is 4. The molecule has 3 N–H and O–H groups in total. The quantitative estimate of drug-likeness (QED) is 0.472. The molecule has 1 unspecified atom stereocenters. The van der Waals surface area contributed by atoms with E-state index in [0.29, 0.717) is 31.5 Å². The zero-order chi connectivity index (χ0) is 25.5. The van der Waals surface area contributed by atoms with Crippen LogP contribution < -0.4 is 10.6 Å². The molecule has 10 heteroatoms. The van der Waals surface area contributed by atoms with Crippen molar-refractivity contribution in [2.24, 2.45) is 0 Å². The number of aliphatic hydroxyl groups is 1. The molecular weight excluding hydrogens is 474 g/mol. The van der Waals surface area contributed by atoms with Gasteiger partial charge in [-0.3, -0.25) is 5.32 Å². The molecule has 2 aliphatic rings. The first-order chi connectivity index (χ1) is 16.3. The fourth-order valence-corrected chi connectivity index (χ4v) is 5.00. The molecule has 0 amide bonds. The molecule has 4 nitrogen and oxygen atoms in total. The van der Waals surface area contributed by atoms with Gasteiger partial charge in [-0.2, -0.15) is 26.3 Å². The lowest BCUT2D eigenvalue weighted by Crippen LogP contribution is -2.62. The molecule has 2 aliphatic heterocycles. The van der Waals surface area contributed by atoms with Crippen LogP contribution >= 0.6 is 0 Å². The lowest BCUT2D eigenvalue weighted by molar-refractivity contribution is -0.143. The molecule has 0 aliphatic carbocycles. The monoisotopic (exact) mass is 502 g/mol. The summed E-state index contributed by atoms with van der Waals surface area (Å²) in [5, 5.41) is 16.7. The fourth-order valence-electron chi connectivity index (χ4n) is 5.00. The van der Waals surface area contributed by atoms with E-state index in [2.05, 4.69) is 10.6 Å². The molecule has 2 saturated heterocycles. The molecule has 0 aromatic heterocycles. The molecule has 1 spiro atoms. The summed E-state index contributed by atoms with van der Waals surface area (Å²) in [6.07, 6.45) is -8.63. The molecule has 192 valence electrons. The first-order valence-electron chi connectivity index (χ1n) is 11.5. The second-order valence-corrected chi connectivity index (χ2v) is 9.57. The van der Waals surface area contributed by atoms with Crippen LogP contribution in [0.1, 0.15) is 61.0 Å². The van der Waals surface area contributed by atoms with Gasteiger partial charge in [-0.15, -0.1) is 0 Å². The van der Waals surface area contributed by atoms with Gasteiger partial charge >= 0.3 is 12.4 Å². The lowest BCUT2D eigenvalue weighted by Gasteiger charge is -2.46. The molecule has 4 rings (SSSR count). The number of halogens is 6. The van der Waals surface area contributed by atoms with Crippen molar-refractivity contribution in [2.45, 2.75) is 68.4 Å². The number of nitrogens with one attached hydrogen (secondary N) is 2. The zero-order valence-electron chi connectivity index (χ0n) is 19.1. The Kier molecular flexibility index (Phi) is 6.95. The van der Waals surface area contributed by atoms with Crippen molar-refractivity contribution < 1.29 is 36.2 Å². The standard InChI is InChI=1S/C25H28F6N2O2/c1-16(17-11-19(24(26,27)28)13-20(12-17)25(29,30)31)35-15-23(18-5-3-2-4-6-18)10-9-22(14-32-23)8-7-21(34)33-22/h2-6,11-13,16,21,32-34H,7-10,14-15H2,1H3/t16-,21?,22-,23-/m1/s1. The molecule has 2 heterocycles. The Labute approximate surface area is 199 Å². The van der Waals surface area contributed by atoms with E-state index in [1.54, 1.807) is 0 Å². The van der Waals surface area contributed by atoms with Crippen molar-refractivity contribution in [1.29, 1.82) is 0 Å². The van der Waals surface area contributed by atoms with E-state index in [9.17, 15) is 31.4 Å². The van der Waals surface area contributed by atoms with Gasteiger partial charge in [0.05, 0.1) is 29.4 Å². The number of alkyl halides is 6. The van der Waals surface area contributed by atoms with Crippen molar-refractivity contribution in [3.8, 4) is 0 Å². The number of ether oxygens (including phenoxy) is 1. The normalized spacial score (nSPS) is 28.4. The summed E-state index contributed by atoms with van der Waals surface area (Å²) in [6, 6.07) is 11.0. The van der Waals surface area contributed by atoms with Gasteiger partial charge in [0, 0.05) is 12.1 Å². The van der Waals surface area contributed by atoms with Gasteiger partial charge in [0.2, 0.25) is 0 Å². The highest BCUT2D eigenvalue weighted by molar-refractivity contribution is 5.35. The van der Waals surface area contributed by atoms with E-state index in [1.807, 2.05) is 30.3 Å². The first kappa shape index (κ1) is 25.9. The van der Waals surface area contributed by atoms with Crippen LogP contribution in [0.3, 0.4) is 0 Å². The molecule has 0 radical (unpaired) electrons. The number of piperidine rings is 1. The Bertz CT molecular complexity index is 985. The number of benzene rings is 2. The van der Waals surface area contributed by atoms with Crippen molar-refractivity contribution in [3.05, 3.63) is 70.8 Å². The van der Waals surface area contributed by atoms with Crippen LogP contribution in [0.4, 0.5) is 26.3 Å². The molecule has 2 fully saturated rings. The highest BCUT2D eigenvalue weighted by Crippen LogP contribution is 2.41. The van der Waals surface area contributed by atoms with Gasteiger partial charge in [-0.25, -0.2) is 0 Å². The molecule has 4 atom stereocenters. The van der Waals surface area contributed by atoms with Gasteiger partial charge in [0.25, 0.3) is 0 Å². The van der Waals surface area contributed by atoms with Crippen LogP contribution in [0.5, 0.6) is 0 Å². The van der Waals surface area contributed by atoms with Crippen molar-refractivity contribution in [1.82, 2.24) is 10.6 Å². The number of rotatable bonds is 5. The zero-order valence-corrected chi connectivity index (χ0v) is 19.1. The van der Waals surface area contributed by atoms with Gasteiger partial charge in [-0.1, -0.05) is 30.3 Å². The molecule has 0 saturated carbocycles. The van der Waals surface area contributed by atoms with Crippen LogP contribution in [-0.2, 0) is 22.6 Å². The van der Waals surface area contributed by atoms with E-state index in [-0.39, 0.29) is 23.8 Å². The topological polar surface area (TPSA) is 53.5 Å². The van der Waals surface area contributed by atoms with E-state index in [0.717, 1.165) is 18.4 Å². The SMILES string of the molecule is C[C@@H](OC[C@@]1(c2ccccc2)CC[C@]2(CCC(O)N2)CN1)c1cc(C(F)(F)F)cc(C(F)(F)F)c1. The third-order valence-corrected chi connectivity index (χ3v) is 7.15. The predicted octanol–water partition coefficient (Wildman–Crippen LogP) is 5.52. The number of hydrogen-bond donors (Lipinski definition) is 3. The van der Waals surface area contributed by atoms with Crippen molar-refractivity contribution >= 4 is 0 Å². The Morgan fingerprint density at radius 2 is 1.60 bits per heavy atom. The van der Waals surface area contributed by atoms with E-state index >= 15 is 0 Å². The number of aliphatic hydroxyl groups excluding tert-OH is 1. The van der Waals surface area contributed by atoms with E-state index in [1.165, 1.54) is 6.92 Å². The summed E-state index contributed by atoms with van der Waals surface area (Å²) in [6.45, 7) is 2.04. The average molecular weight is 502 g/mol. The van der Waals surface area contributed by atoms with E-state index < -0.39 is 41.4 Å². The summed E-state index contributed by atoms with van der Waals surface area (Å²) in [4.78, 5) is 0. The van der Waals surface area contributed by atoms with Crippen LogP contribution in [-0.4, -0.2) is 30.0 Å². The third kappa shape index (κ3) is 5.66. The highest BCUT2D eigenvalue weighted by Gasteiger charge is 2.47. The van der Waals surface area contributed by atoms with Gasteiger partial charge < -0.3 is 15.2 Å².